The maximum atomic E-state index is 11.7. The van der Waals surface area contributed by atoms with E-state index in [1.54, 1.807) is 13.2 Å². The van der Waals surface area contributed by atoms with Crippen molar-refractivity contribution >= 4 is 5.91 Å². The molecular weight excluding hydrogens is 204 g/mol. The number of methoxy groups -OCH3 is 1. The average molecular weight is 226 g/mol. The summed E-state index contributed by atoms with van der Waals surface area (Å²) in [6.07, 6.45) is 3.24. The van der Waals surface area contributed by atoms with Crippen molar-refractivity contribution in [3.05, 3.63) is 12.7 Å². The fourth-order valence-electron chi connectivity index (χ4n) is 2.10. The summed E-state index contributed by atoms with van der Waals surface area (Å²) in [5.74, 6) is -0.104. The predicted molar refractivity (Wildman–Crippen MR) is 63.9 cm³/mol. The van der Waals surface area contributed by atoms with Crippen molar-refractivity contribution in [3.63, 3.8) is 0 Å². The Balaban J connectivity index is 2.45. The molecule has 1 aliphatic rings. The Hall–Kier alpha value is -0.870. The minimum atomic E-state index is -0.491. The quantitative estimate of drug-likeness (QED) is 0.682. The molecule has 0 bridgehead atoms. The van der Waals surface area contributed by atoms with Crippen molar-refractivity contribution in [1.82, 2.24) is 5.32 Å². The first-order valence-corrected chi connectivity index (χ1v) is 5.63. The Bertz CT molecular complexity index is 276. The number of hydrogen-bond acceptors (Lipinski definition) is 3. The highest BCUT2D eigenvalue weighted by Gasteiger charge is 2.49. The summed E-state index contributed by atoms with van der Waals surface area (Å²) in [7, 11) is 1.70. The second kappa shape index (κ2) is 4.97. The number of nitrogens with one attached hydrogen (secondary N) is 1. The van der Waals surface area contributed by atoms with Gasteiger partial charge in [-0.25, -0.2) is 0 Å². The summed E-state index contributed by atoms with van der Waals surface area (Å²) in [4.78, 5) is 11.7. The minimum absolute atomic E-state index is 0.0156. The Morgan fingerprint density at radius 1 is 1.75 bits per heavy atom. The van der Waals surface area contributed by atoms with Crippen LogP contribution in [-0.4, -0.2) is 31.2 Å². The molecule has 3 atom stereocenters. The van der Waals surface area contributed by atoms with E-state index in [2.05, 4.69) is 25.7 Å². The molecule has 16 heavy (non-hydrogen) atoms. The Morgan fingerprint density at radius 2 is 2.38 bits per heavy atom. The van der Waals surface area contributed by atoms with Gasteiger partial charge in [0.1, 0.15) is 0 Å². The normalized spacial score (nSPS) is 29.0. The van der Waals surface area contributed by atoms with Crippen LogP contribution in [0, 0.1) is 5.41 Å². The topological polar surface area (TPSA) is 64.4 Å². The number of carbonyl (C=O) groups excluding carboxylic acids is 1. The van der Waals surface area contributed by atoms with Gasteiger partial charge in [-0.05, 0) is 12.8 Å². The monoisotopic (exact) mass is 226 g/mol. The molecular formula is C12H22N2O2. The maximum Gasteiger partial charge on any atom is 0.237 e. The van der Waals surface area contributed by atoms with Gasteiger partial charge in [-0.1, -0.05) is 19.9 Å². The van der Waals surface area contributed by atoms with Crippen molar-refractivity contribution in [2.45, 2.75) is 44.9 Å². The zero-order chi connectivity index (χ0) is 12.3. The van der Waals surface area contributed by atoms with Crippen molar-refractivity contribution in [2.24, 2.45) is 11.1 Å². The van der Waals surface area contributed by atoms with Crippen molar-refractivity contribution in [1.29, 1.82) is 0 Å². The van der Waals surface area contributed by atoms with Gasteiger partial charge in [0.25, 0.3) is 0 Å². The summed E-state index contributed by atoms with van der Waals surface area (Å²) < 4.78 is 5.32. The molecule has 1 rings (SSSR count). The van der Waals surface area contributed by atoms with Crippen LogP contribution in [-0.2, 0) is 9.53 Å². The van der Waals surface area contributed by atoms with Crippen LogP contribution in [0.2, 0.25) is 0 Å². The Morgan fingerprint density at radius 3 is 2.81 bits per heavy atom. The molecule has 0 aromatic carbocycles. The van der Waals surface area contributed by atoms with E-state index in [0.29, 0.717) is 6.42 Å². The molecule has 0 aromatic heterocycles. The van der Waals surface area contributed by atoms with Gasteiger partial charge < -0.3 is 15.8 Å². The average Bonchev–Trinajstić information content (AvgIpc) is 2.23. The summed E-state index contributed by atoms with van der Waals surface area (Å²) >= 11 is 0. The molecule has 4 nitrogen and oxygen atoms in total. The molecule has 0 aliphatic heterocycles. The molecule has 1 saturated carbocycles. The lowest BCUT2D eigenvalue weighted by Gasteiger charge is -2.51. The Kier molecular flexibility index (Phi) is 4.10. The lowest BCUT2D eigenvalue weighted by Crippen LogP contribution is -2.63. The fraction of sp³-hybridized carbons (Fsp3) is 0.750. The fourth-order valence-corrected chi connectivity index (χ4v) is 2.10. The van der Waals surface area contributed by atoms with Crippen LogP contribution in [0.5, 0.6) is 0 Å². The second-order valence-corrected chi connectivity index (χ2v) is 4.97. The molecule has 92 valence electrons. The molecule has 1 fully saturated rings. The molecule has 4 heteroatoms. The molecule has 1 amide bonds. The zero-order valence-corrected chi connectivity index (χ0v) is 10.3. The molecule has 0 spiro atoms. The minimum Gasteiger partial charge on any atom is -0.381 e. The maximum absolute atomic E-state index is 11.7. The van der Waals surface area contributed by atoms with E-state index in [1.165, 1.54) is 0 Å². The van der Waals surface area contributed by atoms with Gasteiger partial charge in [-0.3, -0.25) is 4.79 Å². The van der Waals surface area contributed by atoms with Crippen LogP contribution in [0.25, 0.3) is 0 Å². The van der Waals surface area contributed by atoms with Crippen LogP contribution in [0.1, 0.15) is 26.7 Å². The van der Waals surface area contributed by atoms with Crippen LogP contribution < -0.4 is 11.1 Å². The van der Waals surface area contributed by atoms with E-state index in [-0.39, 0.29) is 23.5 Å². The van der Waals surface area contributed by atoms with Crippen LogP contribution in [0.4, 0.5) is 0 Å². The molecule has 0 aromatic rings. The van der Waals surface area contributed by atoms with Crippen molar-refractivity contribution in [3.8, 4) is 0 Å². The third kappa shape index (κ3) is 2.44. The largest absolute Gasteiger partial charge is 0.381 e. The number of carbonyl (C=O) groups is 1. The van der Waals surface area contributed by atoms with Gasteiger partial charge in [0, 0.05) is 18.6 Å². The van der Waals surface area contributed by atoms with Crippen molar-refractivity contribution in [2.75, 3.05) is 7.11 Å². The SMILES string of the molecule is C=CCC(N)C(=O)NC1CC(OC)C1(C)C. The number of nitrogens with two attached hydrogens (primary N) is 1. The third-order valence-corrected chi connectivity index (χ3v) is 3.54. The third-order valence-electron chi connectivity index (χ3n) is 3.54. The highest BCUT2D eigenvalue weighted by molar-refractivity contribution is 5.82. The molecule has 0 radical (unpaired) electrons. The predicted octanol–water partition coefficient (Wildman–Crippen LogP) is 0.820. The first-order chi connectivity index (χ1) is 7.43. The summed E-state index contributed by atoms with van der Waals surface area (Å²) in [5, 5.41) is 2.96. The van der Waals surface area contributed by atoms with Gasteiger partial charge in [0.05, 0.1) is 12.1 Å². The first-order valence-electron chi connectivity index (χ1n) is 5.63. The van der Waals surface area contributed by atoms with E-state index in [0.717, 1.165) is 6.42 Å². The van der Waals surface area contributed by atoms with Crippen LogP contribution in [0.15, 0.2) is 12.7 Å². The molecule has 0 heterocycles. The lowest BCUT2D eigenvalue weighted by molar-refractivity contribution is -0.133. The zero-order valence-electron chi connectivity index (χ0n) is 10.3. The smallest absolute Gasteiger partial charge is 0.237 e. The van der Waals surface area contributed by atoms with Gasteiger partial charge in [-0.2, -0.15) is 0 Å². The standard InChI is InChI=1S/C12H22N2O2/c1-5-6-8(13)11(15)14-9-7-10(16-4)12(9,2)3/h5,8-10H,1,6-7,13H2,2-4H3,(H,14,15). The molecule has 3 unspecified atom stereocenters. The summed E-state index contributed by atoms with van der Waals surface area (Å²) in [5.41, 5.74) is 5.68. The van der Waals surface area contributed by atoms with Crippen LogP contribution >= 0.6 is 0 Å². The highest BCUT2D eigenvalue weighted by Crippen LogP contribution is 2.42. The van der Waals surface area contributed by atoms with Crippen molar-refractivity contribution < 1.29 is 9.53 Å². The van der Waals surface area contributed by atoms with E-state index in [1.807, 2.05) is 0 Å². The van der Waals surface area contributed by atoms with E-state index >= 15 is 0 Å². The van der Waals surface area contributed by atoms with E-state index < -0.39 is 6.04 Å². The number of rotatable bonds is 5. The summed E-state index contributed by atoms with van der Waals surface area (Å²) in [6, 6.07) is -0.337. The first kappa shape index (κ1) is 13.2. The van der Waals surface area contributed by atoms with E-state index in [9.17, 15) is 4.79 Å². The van der Waals surface area contributed by atoms with Gasteiger partial charge >= 0.3 is 0 Å². The summed E-state index contributed by atoms with van der Waals surface area (Å²) in [6.45, 7) is 7.75. The molecule has 1 aliphatic carbocycles. The van der Waals surface area contributed by atoms with E-state index in [4.69, 9.17) is 10.5 Å². The highest BCUT2D eigenvalue weighted by atomic mass is 16.5. The lowest BCUT2D eigenvalue weighted by atomic mass is 9.64. The van der Waals surface area contributed by atoms with Gasteiger partial charge in [0.2, 0.25) is 5.91 Å². The second-order valence-electron chi connectivity index (χ2n) is 4.97. The van der Waals surface area contributed by atoms with Crippen LogP contribution in [0.3, 0.4) is 0 Å². The number of ether oxygens (including phenoxy) is 1. The number of hydrogen-bond donors (Lipinski definition) is 2. The number of amides is 1. The molecule has 3 N–H and O–H groups in total. The molecule has 0 saturated heterocycles. The Labute approximate surface area is 97.2 Å². The van der Waals surface area contributed by atoms with Gasteiger partial charge in [-0.15, -0.1) is 6.58 Å². The van der Waals surface area contributed by atoms with Gasteiger partial charge in [0.15, 0.2) is 0 Å².